The van der Waals surface area contributed by atoms with Gasteiger partial charge in [0.2, 0.25) is 0 Å². The molecule has 2 rings (SSSR count). The van der Waals surface area contributed by atoms with Gasteiger partial charge in [-0.3, -0.25) is 4.68 Å². The van der Waals surface area contributed by atoms with Crippen LogP contribution in [0.15, 0.2) is 12.3 Å². The standard InChI is InChI=1S/C15H27N3/c1-4-13-6-5-7-14(10-13)16-11-15-8-9-18(17-15)12(2)3/h8-9,12-14,16H,4-7,10-11H2,1-3H3. The van der Waals surface area contributed by atoms with Crippen LogP contribution in [0.25, 0.3) is 0 Å². The molecule has 3 heteroatoms. The van der Waals surface area contributed by atoms with Crippen molar-refractivity contribution in [2.24, 2.45) is 5.92 Å². The first kappa shape index (κ1) is 13.6. The maximum absolute atomic E-state index is 4.59. The minimum Gasteiger partial charge on any atom is -0.308 e. The fourth-order valence-electron chi connectivity index (χ4n) is 2.86. The highest BCUT2D eigenvalue weighted by atomic mass is 15.3. The van der Waals surface area contributed by atoms with Gasteiger partial charge in [0.25, 0.3) is 0 Å². The summed E-state index contributed by atoms with van der Waals surface area (Å²) in [4.78, 5) is 0. The molecule has 2 unspecified atom stereocenters. The van der Waals surface area contributed by atoms with E-state index in [0.29, 0.717) is 12.1 Å². The predicted molar refractivity (Wildman–Crippen MR) is 75.5 cm³/mol. The third kappa shape index (κ3) is 3.58. The van der Waals surface area contributed by atoms with E-state index in [1.165, 1.54) is 37.8 Å². The number of nitrogens with zero attached hydrogens (tertiary/aromatic N) is 2. The van der Waals surface area contributed by atoms with E-state index in [1.807, 2.05) is 4.68 Å². The number of hydrogen-bond donors (Lipinski definition) is 1. The SMILES string of the molecule is CCC1CCCC(NCc2ccn(C(C)C)n2)C1. The van der Waals surface area contributed by atoms with Crippen molar-refractivity contribution in [3.8, 4) is 0 Å². The summed E-state index contributed by atoms with van der Waals surface area (Å²) in [5, 5.41) is 8.27. The zero-order valence-corrected chi connectivity index (χ0v) is 12.0. The second-order valence-corrected chi connectivity index (χ2v) is 5.90. The Hall–Kier alpha value is -0.830. The van der Waals surface area contributed by atoms with Crippen LogP contribution in [0.4, 0.5) is 0 Å². The number of rotatable bonds is 5. The molecule has 0 spiro atoms. The van der Waals surface area contributed by atoms with Crippen LogP contribution in [0.3, 0.4) is 0 Å². The highest BCUT2D eigenvalue weighted by Crippen LogP contribution is 2.26. The van der Waals surface area contributed by atoms with Crippen molar-refractivity contribution in [2.45, 2.75) is 71.5 Å². The van der Waals surface area contributed by atoms with Crippen molar-refractivity contribution in [1.82, 2.24) is 15.1 Å². The van der Waals surface area contributed by atoms with Gasteiger partial charge in [0.1, 0.15) is 0 Å². The van der Waals surface area contributed by atoms with Gasteiger partial charge in [0.05, 0.1) is 5.69 Å². The summed E-state index contributed by atoms with van der Waals surface area (Å²) in [6.07, 6.45) is 8.91. The Morgan fingerprint density at radius 3 is 2.94 bits per heavy atom. The van der Waals surface area contributed by atoms with Gasteiger partial charge in [-0.15, -0.1) is 0 Å². The number of hydrogen-bond acceptors (Lipinski definition) is 2. The molecule has 1 aromatic heterocycles. The molecule has 0 bridgehead atoms. The molecule has 1 heterocycles. The van der Waals surface area contributed by atoms with Crippen molar-refractivity contribution < 1.29 is 0 Å². The van der Waals surface area contributed by atoms with Gasteiger partial charge in [-0.05, 0) is 38.7 Å². The zero-order valence-electron chi connectivity index (χ0n) is 12.0. The lowest BCUT2D eigenvalue weighted by atomic mass is 9.84. The molecule has 102 valence electrons. The van der Waals surface area contributed by atoms with Gasteiger partial charge < -0.3 is 5.32 Å². The topological polar surface area (TPSA) is 29.9 Å². The molecule has 1 fully saturated rings. The van der Waals surface area contributed by atoms with Crippen molar-refractivity contribution in [2.75, 3.05) is 0 Å². The van der Waals surface area contributed by atoms with Crippen LogP contribution in [0, 0.1) is 5.92 Å². The molecule has 1 saturated carbocycles. The van der Waals surface area contributed by atoms with E-state index >= 15 is 0 Å². The number of aromatic nitrogens is 2. The number of nitrogens with one attached hydrogen (secondary N) is 1. The van der Waals surface area contributed by atoms with Gasteiger partial charge in [-0.2, -0.15) is 5.10 Å². The minimum atomic E-state index is 0.456. The van der Waals surface area contributed by atoms with Gasteiger partial charge in [0, 0.05) is 24.8 Å². The molecule has 18 heavy (non-hydrogen) atoms. The Morgan fingerprint density at radius 1 is 1.44 bits per heavy atom. The Labute approximate surface area is 111 Å². The Bertz CT molecular complexity index is 356. The molecule has 0 radical (unpaired) electrons. The first-order valence-corrected chi connectivity index (χ1v) is 7.46. The van der Waals surface area contributed by atoms with Crippen molar-refractivity contribution in [3.05, 3.63) is 18.0 Å². The summed E-state index contributed by atoms with van der Waals surface area (Å²) in [6, 6.07) is 3.29. The summed E-state index contributed by atoms with van der Waals surface area (Å²) < 4.78 is 2.03. The van der Waals surface area contributed by atoms with Crippen LogP contribution in [0.1, 0.15) is 64.6 Å². The van der Waals surface area contributed by atoms with Gasteiger partial charge in [0.15, 0.2) is 0 Å². The summed E-state index contributed by atoms with van der Waals surface area (Å²) in [5.74, 6) is 0.935. The van der Waals surface area contributed by atoms with Crippen molar-refractivity contribution >= 4 is 0 Å². The molecule has 0 aromatic carbocycles. The largest absolute Gasteiger partial charge is 0.308 e. The molecule has 3 nitrogen and oxygen atoms in total. The summed E-state index contributed by atoms with van der Waals surface area (Å²) in [5.41, 5.74) is 1.17. The maximum Gasteiger partial charge on any atom is 0.0762 e. The van der Waals surface area contributed by atoms with Gasteiger partial charge >= 0.3 is 0 Å². The zero-order chi connectivity index (χ0) is 13.0. The van der Waals surface area contributed by atoms with E-state index < -0.39 is 0 Å². The van der Waals surface area contributed by atoms with Crippen LogP contribution in [0.2, 0.25) is 0 Å². The van der Waals surface area contributed by atoms with Crippen LogP contribution in [0.5, 0.6) is 0 Å². The average Bonchev–Trinajstić information content (AvgIpc) is 2.85. The minimum absolute atomic E-state index is 0.456. The molecule has 1 aromatic rings. The lowest BCUT2D eigenvalue weighted by Gasteiger charge is -2.29. The molecule has 0 aliphatic heterocycles. The molecule has 1 aliphatic carbocycles. The first-order chi connectivity index (χ1) is 8.69. The van der Waals surface area contributed by atoms with E-state index in [-0.39, 0.29) is 0 Å². The molecule has 1 N–H and O–H groups in total. The van der Waals surface area contributed by atoms with Crippen LogP contribution in [-0.2, 0) is 6.54 Å². The third-order valence-electron chi connectivity index (χ3n) is 4.12. The van der Waals surface area contributed by atoms with Crippen LogP contribution >= 0.6 is 0 Å². The lowest BCUT2D eigenvalue weighted by Crippen LogP contribution is -2.33. The fourth-order valence-corrected chi connectivity index (χ4v) is 2.86. The normalized spacial score (nSPS) is 24.7. The summed E-state index contributed by atoms with van der Waals surface area (Å²) in [6.45, 7) is 7.56. The Morgan fingerprint density at radius 2 is 2.28 bits per heavy atom. The highest BCUT2D eigenvalue weighted by Gasteiger charge is 2.20. The Balaban J connectivity index is 1.79. The first-order valence-electron chi connectivity index (χ1n) is 7.46. The monoisotopic (exact) mass is 249 g/mol. The molecule has 0 saturated heterocycles. The molecule has 0 amide bonds. The van der Waals surface area contributed by atoms with E-state index in [0.717, 1.165) is 12.5 Å². The van der Waals surface area contributed by atoms with E-state index in [1.54, 1.807) is 0 Å². The van der Waals surface area contributed by atoms with Crippen LogP contribution in [-0.4, -0.2) is 15.8 Å². The predicted octanol–water partition coefficient (Wildman–Crippen LogP) is 3.52. The fraction of sp³-hybridized carbons (Fsp3) is 0.800. The Kier molecular flexibility index (Phi) is 4.81. The summed E-state index contributed by atoms with van der Waals surface area (Å²) >= 11 is 0. The second kappa shape index (κ2) is 6.37. The van der Waals surface area contributed by atoms with E-state index in [4.69, 9.17) is 0 Å². The van der Waals surface area contributed by atoms with Crippen molar-refractivity contribution in [3.63, 3.8) is 0 Å². The second-order valence-electron chi connectivity index (χ2n) is 5.90. The average molecular weight is 249 g/mol. The highest BCUT2D eigenvalue weighted by molar-refractivity contribution is 4.99. The van der Waals surface area contributed by atoms with Crippen LogP contribution < -0.4 is 5.32 Å². The molecule has 2 atom stereocenters. The molecular formula is C15H27N3. The molecular weight excluding hydrogens is 222 g/mol. The van der Waals surface area contributed by atoms with Gasteiger partial charge in [-0.1, -0.05) is 26.2 Å². The maximum atomic E-state index is 4.59. The summed E-state index contributed by atoms with van der Waals surface area (Å²) in [7, 11) is 0. The lowest BCUT2D eigenvalue weighted by molar-refractivity contribution is 0.277. The van der Waals surface area contributed by atoms with E-state index in [2.05, 4.69) is 43.4 Å². The third-order valence-corrected chi connectivity index (χ3v) is 4.12. The van der Waals surface area contributed by atoms with Gasteiger partial charge in [-0.25, -0.2) is 0 Å². The quantitative estimate of drug-likeness (QED) is 0.865. The molecule has 1 aliphatic rings. The van der Waals surface area contributed by atoms with Crippen molar-refractivity contribution in [1.29, 1.82) is 0 Å². The smallest absolute Gasteiger partial charge is 0.0762 e. The van der Waals surface area contributed by atoms with E-state index in [9.17, 15) is 0 Å².